The van der Waals surface area contributed by atoms with Crippen molar-refractivity contribution in [1.82, 2.24) is 5.32 Å². The highest BCUT2D eigenvalue weighted by Crippen LogP contribution is 2.23. The number of rotatable bonds is 6. The van der Waals surface area contributed by atoms with Crippen LogP contribution in [0.4, 0.5) is 8.78 Å². The molecule has 2 aromatic carbocycles. The van der Waals surface area contributed by atoms with Gasteiger partial charge in [0.1, 0.15) is 11.6 Å². The summed E-state index contributed by atoms with van der Waals surface area (Å²) >= 11 is 3.40. The first-order valence-electron chi connectivity index (χ1n) is 7.03. The molecule has 0 aliphatic rings. The first kappa shape index (κ1) is 16.1. The molecule has 0 saturated heterocycles. The lowest BCUT2D eigenvalue weighted by molar-refractivity contribution is 0.491. The van der Waals surface area contributed by atoms with Crippen molar-refractivity contribution in [2.45, 2.75) is 25.8 Å². The van der Waals surface area contributed by atoms with E-state index in [1.165, 1.54) is 12.1 Å². The molecule has 0 spiro atoms. The Morgan fingerprint density at radius 1 is 1.10 bits per heavy atom. The molecule has 0 saturated carbocycles. The van der Waals surface area contributed by atoms with Crippen LogP contribution in [0.1, 0.15) is 30.5 Å². The van der Waals surface area contributed by atoms with Crippen molar-refractivity contribution in [3.8, 4) is 0 Å². The summed E-state index contributed by atoms with van der Waals surface area (Å²) in [6.07, 6.45) is 1.62. The van der Waals surface area contributed by atoms with Gasteiger partial charge in [0.25, 0.3) is 0 Å². The molecule has 1 unspecified atom stereocenters. The van der Waals surface area contributed by atoms with Crippen LogP contribution in [0.2, 0.25) is 0 Å². The van der Waals surface area contributed by atoms with Crippen molar-refractivity contribution < 1.29 is 8.78 Å². The van der Waals surface area contributed by atoms with Crippen LogP contribution in [-0.2, 0) is 6.42 Å². The molecule has 1 N–H and O–H groups in total. The van der Waals surface area contributed by atoms with Crippen LogP contribution >= 0.6 is 15.9 Å². The van der Waals surface area contributed by atoms with Crippen LogP contribution < -0.4 is 5.32 Å². The van der Waals surface area contributed by atoms with E-state index in [1.807, 2.05) is 24.3 Å². The molecule has 0 heterocycles. The minimum atomic E-state index is -0.547. The highest BCUT2D eigenvalue weighted by Gasteiger charge is 2.16. The lowest BCUT2D eigenvalue weighted by Gasteiger charge is -2.20. The van der Waals surface area contributed by atoms with E-state index < -0.39 is 11.6 Å². The van der Waals surface area contributed by atoms with Crippen molar-refractivity contribution >= 4 is 15.9 Å². The molecule has 0 radical (unpaired) electrons. The summed E-state index contributed by atoms with van der Waals surface area (Å²) in [6.45, 7) is 2.85. The predicted molar refractivity (Wildman–Crippen MR) is 85.2 cm³/mol. The van der Waals surface area contributed by atoms with Crippen LogP contribution in [0, 0.1) is 11.6 Å². The maximum atomic E-state index is 14.0. The summed E-state index contributed by atoms with van der Waals surface area (Å²) in [5.74, 6) is -1.05. The van der Waals surface area contributed by atoms with Gasteiger partial charge in [-0.25, -0.2) is 8.78 Å². The van der Waals surface area contributed by atoms with E-state index in [9.17, 15) is 8.78 Å². The Bertz CT molecular complexity index is 584. The maximum Gasteiger partial charge on any atom is 0.130 e. The molecule has 0 fully saturated rings. The van der Waals surface area contributed by atoms with Gasteiger partial charge in [0, 0.05) is 22.1 Å². The SMILES string of the molecule is CCCNC(Cc1ccc(Br)cc1)c1ccc(F)cc1F. The predicted octanol–water partition coefficient (Wildman–Crippen LogP) is 5.01. The Morgan fingerprint density at radius 2 is 1.81 bits per heavy atom. The first-order chi connectivity index (χ1) is 10.1. The Labute approximate surface area is 132 Å². The Kier molecular flexibility index (Phi) is 5.88. The summed E-state index contributed by atoms with van der Waals surface area (Å²) < 4.78 is 28.1. The maximum absolute atomic E-state index is 14.0. The van der Waals surface area contributed by atoms with E-state index in [1.54, 1.807) is 0 Å². The number of nitrogens with one attached hydrogen (secondary N) is 1. The normalized spacial score (nSPS) is 12.4. The molecule has 0 amide bonds. The Hall–Kier alpha value is -1.26. The molecule has 112 valence electrons. The summed E-state index contributed by atoms with van der Waals surface area (Å²) in [6, 6.07) is 11.6. The molecule has 0 bridgehead atoms. The van der Waals surface area contributed by atoms with Gasteiger partial charge in [-0.1, -0.05) is 41.1 Å². The third kappa shape index (κ3) is 4.61. The van der Waals surface area contributed by atoms with E-state index in [4.69, 9.17) is 0 Å². The third-order valence-electron chi connectivity index (χ3n) is 3.33. The van der Waals surface area contributed by atoms with Crippen molar-refractivity contribution in [2.75, 3.05) is 6.54 Å². The van der Waals surface area contributed by atoms with Gasteiger partial charge in [-0.3, -0.25) is 0 Å². The molecular formula is C17H18BrF2N. The standard InChI is InChI=1S/C17H18BrF2N/c1-2-9-21-17(10-12-3-5-13(18)6-4-12)15-8-7-14(19)11-16(15)20/h3-8,11,17,21H,2,9-10H2,1H3. The molecule has 1 nitrogen and oxygen atoms in total. The summed E-state index contributed by atoms with van der Waals surface area (Å²) in [7, 11) is 0. The number of hydrogen-bond donors (Lipinski definition) is 1. The zero-order chi connectivity index (χ0) is 15.2. The fraction of sp³-hybridized carbons (Fsp3) is 0.294. The molecular weight excluding hydrogens is 336 g/mol. The van der Waals surface area contributed by atoms with Crippen molar-refractivity contribution in [2.24, 2.45) is 0 Å². The summed E-state index contributed by atoms with van der Waals surface area (Å²) in [5.41, 5.74) is 1.61. The molecule has 0 aromatic heterocycles. The lowest BCUT2D eigenvalue weighted by atomic mass is 9.98. The zero-order valence-corrected chi connectivity index (χ0v) is 13.5. The van der Waals surface area contributed by atoms with E-state index in [0.717, 1.165) is 29.1 Å². The summed E-state index contributed by atoms with van der Waals surface area (Å²) in [5, 5.41) is 3.33. The molecule has 0 aliphatic carbocycles. The Morgan fingerprint density at radius 3 is 2.43 bits per heavy atom. The van der Waals surface area contributed by atoms with Crippen LogP contribution in [0.3, 0.4) is 0 Å². The first-order valence-corrected chi connectivity index (χ1v) is 7.82. The Balaban J connectivity index is 2.22. The van der Waals surface area contributed by atoms with E-state index in [0.29, 0.717) is 12.0 Å². The second-order valence-electron chi connectivity index (χ2n) is 5.00. The molecule has 2 rings (SSSR count). The summed E-state index contributed by atoms with van der Waals surface area (Å²) in [4.78, 5) is 0. The largest absolute Gasteiger partial charge is 0.310 e. The van der Waals surface area contributed by atoms with Crippen molar-refractivity contribution in [3.63, 3.8) is 0 Å². The van der Waals surface area contributed by atoms with Crippen LogP contribution in [0.25, 0.3) is 0 Å². The number of hydrogen-bond acceptors (Lipinski definition) is 1. The van der Waals surface area contributed by atoms with E-state index >= 15 is 0 Å². The van der Waals surface area contributed by atoms with Crippen molar-refractivity contribution in [1.29, 1.82) is 0 Å². The fourth-order valence-electron chi connectivity index (χ4n) is 2.25. The van der Waals surface area contributed by atoms with Gasteiger partial charge < -0.3 is 5.32 Å². The van der Waals surface area contributed by atoms with Crippen LogP contribution in [0.15, 0.2) is 46.9 Å². The topological polar surface area (TPSA) is 12.0 Å². The van der Waals surface area contributed by atoms with Crippen LogP contribution in [0.5, 0.6) is 0 Å². The molecule has 4 heteroatoms. The van der Waals surface area contributed by atoms with Gasteiger partial charge in [0.2, 0.25) is 0 Å². The third-order valence-corrected chi connectivity index (χ3v) is 3.86. The second kappa shape index (κ2) is 7.66. The smallest absolute Gasteiger partial charge is 0.130 e. The van der Waals surface area contributed by atoms with Crippen molar-refractivity contribution in [3.05, 3.63) is 69.7 Å². The highest BCUT2D eigenvalue weighted by atomic mass is 79.9. The molecule has 21 heavy (non-hydrogen) atoms. The average Bonchev–Trinajstić information content (AvgIpc) is 2.46. The number of benzene rings is 2. The lowest BCUT2D eigenvalue weighted by Crippen LogP contribution is -2.25. The van der Waals surface area contributed by atoms with E-state index in [2.05, 4.69) is 28.2 Å². The number of halogens is 3. The van der Waals surface area contributed by atoms with E-state index in [-0.39, 0.29) is 6.04 Å². The molecule has 1 atom stereocenters. The minimum Gasteiger partial charge on any atom is -0.310 e. The van der Waals surface area contributed by atoms with Crippen LogP contribution in [-0.4, -0.2) is 6.54 Å². The molecule has 2 aromatic rings. The van der Waals surface area contributed by atoms with Gasteiger partial charge in [-0.15, -0.1) is 0 Å². The van der Waals surface area contributed by atoms with Gasteiger partial charge in [0.15, 0.2) is 0 Å². The molecule has 0 aliphatic heterocycles. The quantitative estimate of drug-likeness (QED) is 0.769. The van der Waals surface area contributed by atoms with Gasteiger partial charge in [-0.05, 0) is 43.1 Å². The average molecular weight is 354 g/mol. The monoisotopic (exact) mass is 353 g/mol. The van der Waals surface area contributed by atoms with Gasteiger partial charge >= 0.3 is 0 Å². The minimum absolute atomic E-state index is 0.160. The van der Waals surface area contributed by atoms with Gasteiger partial charge in [0.05, 0.1) is 0 Å². The zero-order valence-electron chi connectivity index (χ0n) is 11.9. The highest BCUT2D eigenvalue weighted by molar-refractivity contribution is 9.10. The van der Waals surface area contributed by atoms with Gasteiger partial charge in [-0.2, -0.15) is 0 Å². The second-order valence-corrected chi connectivity index (χ2v) is 5.92. The fourth-order valence-corrected chi connectivity index (χ4v) is 2.52.